The van der Waals surface area contributed by atoms with Gasteiger partial charge in [-0.05, 0) is 61.0 Å². The van der Waals surface area contributed by atoms with E-state index >= 15 is 0 Å². The zero-order chi connectivity index (χ0) is 22.8. The Morgan fingerprint density at radius 3 is 2.56 bits per heavy atom. The van der Waals surface area contributed by atoms with E-state index in [-0.39, 0.29) is 27.8 Å². The maximum atomic E-state index is 13.7. The van der Waals surface area contributed by atoms with Crippen molar-refractivity contribution in [1.29, 1.82) is 0 Å². The molecule has 1 atom stereocenters. The Kier molecular flexibility index (Phi) is 6.01. The van der Waals surface area contributed by atoms with Crippen molar-refractivity contribution in [2.45, 2.75) is 19.4 Å². The summed E-state index contributed by atoms with van der Waals surface area (Å²) in [7, 11) is 0. The first-order valence-electron chi connectivity index (χ1n) is 9.95. The molecule has 0 spiro atoms. The number of aliphatic hydroxyl groups is 1. The third kappa shape index (κ3) is 3.87. The molecule has 1 aromatic heterocycles. The highest BCUT2D eigenvalue weighted by Crippen LogP contribution is 2.43. The summed E-state index contributed by atoms with van der Waals surface area (Å²) in [5, 5.41) is 10.8. The van der Waals surface area contributed by atoms with Crippen molar-refractivity contribution in [3.63, 3.8) is 0 Å². The van der Waals surface area contributed by atoms with Crippen molar-refractivity contribution in [1.82, 2.24) is 0 Å². The van der Waals surface area contributed by atoms with Gasteiger partial charge in [0.2, 0.25) is 0 Å². The number of hydrogen-bond acceptors (Lipinski definition) is 5. The van der Waals surface area contributed by atoms with Gasteiger partial charge in [-0.1, -0.05) is 18.5 Å². The number of amides is 1. The Bertz CT molecular complexity index is 1190. The largest absolute Gasteiger partial charge is 0.507 e. The molecule has 0 aliphatic carbocycles. The third-order valence-electron chi connectivity index (χ3n) is 5.04. The highest BCUT2D eigenvalue weighted by Gasteiger charge is 2.48. The van der Waals surface area contributed by atoms with Crippen LogP contribution < -0.4 is 9.64 Å². The SMILES string of the molecule is CCCOc1ccc(/C(O)=C2/C(=O)C(=O)N(c3ccc(F)c(Cl)c3)C2c2ccco2)cc1. The Morgan fingerprint density at radius 1 is 1.19 bits per heavy atom. The van der Waals surface area contributed by atoms with Crippen molar-refractivity contribution < 1.29 is 28.2 Å². The summed E-state index contributed by atoms with van der Waals surface area (Å²) in [4.78, 5) is 27.1. The zero-order valence-corrected chi connectivity index (χ0v) is 17.8. The minimum Gasteiger partial charge on any atom is -0.507 e. The minimum atomic E-state index is -1.05. The number of ether oxygens (including phenoxy) is 1. The van der Waals surface area contributed by atoms with Gasteiger partial charge in [0, 0.05) is 11.3 Å². The average Bonchev–Trinajstić information content (AvgIpc) is 3.41. The van der Waals surface area contributed by atoms with Crippen LogP contribution in [0.5, 0.6) is 5.75 Å². The minimum absolute atomic E-state index is 0.146. The molecular formula is C24H19ClFNO5. The summed E-state index contributed by atoms with van der Waals surface area (Å²) in [6.07, 6.45) is 2.24. The smallest absolute Gasteiger partial charge is 0.300 e. The first kappa shape index (κ1) is 21.6. The number of halogens is 2. The number of carbonyl (C=O) groups excluding carboxylic acids is 2. The average molecular weight is 456 g/mol. The van der Waals surface area contributed by atoms with E-state index in [0.717, 1.165) is 17.4 Å². The fourth-order valence-corrected chi connectivity index (χ4v) is 3.71. The van der Waals surface area contributed by atoms with Crippen molar-refractivity contribution >= 4 is 34.7 Å². The van der Waals surface area contributed by atoms with E-state index in [1.54, 1.807) is 36.4 Å². The molecule has 1 N–H and O–H groups in total. The summed E-state index contributed by atoms with van der Waals surface area (Å²) >= 11 is 5.90. The lowest BCUT2D eigenvalue weighted by atomic mass is 9.99. The van der Waals surface area contributed by atoms with Gasteiger partial charge in [-0.25, -0.2) is 4.39 Å². The van der Waals surface area contributed by atoms with Gasteiger partial charge in [0.05, 0.1) is 23.5 Å². The summed E-state index contributed by atoms with van der Waals surface area (Å²) < 4.78 is 24.7. The van der Waals surface area contributed by atoms with Crippen LogP contribution in [0.15, 0.2) is 70.9 Å². The Balaban J connectivity index is 1.82. The van der Waals surface area contributed by atoms with Crippen molar-refractivity contribution in [2.24, 2.45) is 0 Å². The standard InChI is InChI=1S/C24H19ClFNO5/c1-2-11-31-16-8-5-14(6-9-16)22(28)20-21(19-4-3-12-32-19)27(24(30)23(20)29)15-7-10-18(26)17(25)13-15/h3-10,12-13,21,28H,2,11H2,1H3/b22-20-. The Labute approximate surface area is 188 Å². The van der Waals surface area contributed by atoms with Crippen LogP contribution in [0, 0.1) is 5.82 Å². The van der Waals surface area contributed by atoms with Gasteiger partial charge >= 0.3 is 0 Å². The molecule has 0 radical (unpaired) electrons. The van der Waals surface area contributed by atoms with Gasteiger partial charge in [-0.3, -0.25) is 14.5 Å². The fraction of sp³-hybridized carbons (Fsp3) is 0.167. The quantitative estimate of drug-likeness (QED) is 0.302. The van der Waals surface area contributed by atoms with E-state index in [1.165, 1.54) is 18.4 Å². The van der Waals surface area contributed by atoms with Gasteiger partial charge in [0.1, 0.15) is 29.1 Å². The molecule has 1 amide bonds. The third-order valence-corrected chi connectivity index (χ3v) is 5.33. The van der Waals surface area contributed by atoms with Crippen LogP contribution in [0.4, 0.5) is 10.1 Å². The van der Waals surface area contributed by atoms with Gasteiger partial charge in [0.15, 0.2) is 0 Å². The molecule has 2 aromatic carbocycles. The molecule has 1 aliphatic heterocycles. The predicted molar refractivity (Wildman–Crippen MR) is 117 cm³/mol. The van der Waals surface area contributed by atoms with E-state index in [1.807, 2.05) is 6.92 Å². The lowest BCUT2D eigenvalue weighted by Gasteiger charge is -2.23. The Morgan fingerprint density at radius 2 is 1.94 bits per heavy atom. The lowest BCUT2D eigenvalue weighted by molar-refractivity contribution is -0.132. The molecule has 4 rings (SSSR count). The normalized spacial score (nSPS) is 17.7. The topological polar surface area (TPSA) is 80.0 Å². The van der Waals surface area contributed by atoms with Gasteiger partial charge in [-0.15, -0.1) is 0 Å². The number of furan rings is 1. The molecule has 8 heteroatoms. The number of ketones is 1. The molecule has 1 aliphatic rings. The monoisotopic (exact) mass is 455 g/mol. The van der Waals surface area contributed by atoms with Crippen LogP contribution in [-0.4, -0.2) is 23.4 Å². The number of rotatable bonds is 6. The fourth-order valence-electron chi connectivity index (χ4n) is 3.53. The summed E-state index contributed by atoms with van der Waals surface area (Å²) in [5.74, 6) is -1.93. The number of anilines is 1. The van der Waals surface area contributed by atoms with Gasteiger partial charge in [-0.2, -0.15) is 0 Å². The van der Waals surface area contributed by atoms with E-state index in [9.17, 15) is 19.1 Å². The Hall–Kier alpha value is -3.58. The molecule has 2 heterocycles. The molecule has 6 nitrogen and oxygen atoms in total. The predicted octanol–water partition coefficient (Wildman–Crippen LogP) is 5.49. The highest BCUT2D eigenvalue weighted by molar-refractivity contribution is 6.51. The van der Waals surface area contributed by atoms with Crippen LogP contribution in [0.25, 0.3) is 5.76 Å². The van der Waals surface area contributed by atoms with Crippen LogP contribution in [0.2, 0.25) is 5.02 Å². The number of nitrogens with zero attached hydrogens (tertiary/aromatic N) is 1. The molecule has 3 aromatic rings. The summed E-state index contributed by atoms with van der Waals surface area (Å²) in [5.41, 5.74) is 0.385. The molecule has 0 saturated carbocycles. The first-order chi connectivity index (χ1) is 15.4. The van der Waals surface area contributed by atoms with Crippen LogP contribution in [0.3, 0.4) is 0 Å². The van der Waals surface area contributed by atoms with Gasteiger partial charge < -0.3 is 14.3 Å². The van der Waals surface area contributed by atoms with Crippen LogP contribution in [-0.2, 0) is 9.59 Å². The second kappa shape index (κ2) is 8.88. The number of benzene rings is 2. The number of aliphatic hydroxyl groups excluding tert-OH is 1. The molecule has 1 saturated heterocycles. The number of carbonyl (C=O) groups is 2. The van der Waals surface area contributed by atoms with E-state index in [4.69, 9.17) is 20.8 Å². The highest BCUT2D eigenvalue weighted by atomic mass is 35.5. The van der Waals surface area contributed by atoms with Crippen molar-refractivity contribution in [3.05, 3.63) is 88.6 Å². The van der Waals surface area contributed by atoms with E-state index < -0.39 is 23.5 Å². The molecular weight excluding hydrogens is 437 g/mol. The second-order valence-electron chi connectivity index (χ2n) is 7.16. The molecule has 32 heavy (non-hydrogen) atoms. The molecule has 0 bridgehead atoms. The first-order valence-corrected chi connectivity index (χ1v) is 10.3. The molecule has 164 valence electrons. The second-order valence-corrected chi connectivity index (χ2v) is 7.56. The number of Topliss-reactive ketones (excluding diaryl/α,β-unsaturated/α-hetero) is 1. The molecule has 1 fully saturated rings. The van der Waals surface area contributed by atoms with Gasteiger partial charge in [0.25, 0.3) is 11.7 Å². The van der Waals surface area contributed by atoms with Crippen LogP contribution >= 0.6 is 11.6 Å². The zero-order valence-electron chi connectivity index (χ0n) is 17.0. The van der Waals surface area contributed by atoms with E-state index in [2.05, 4.69) is 0 Å². The van der Waals surface area contributed by atoms with Crippen molar-refractivity contribution in [3.8, 4) is 5.75 Å². The molecule has 1 unspecified atom stereocenters. The summed E-state index contributed by atoms with van der Waals surface area (Å²) in [6.45, 7) is 2.54. The lowest BCUT2D eigenvalue weighted by Crippen LogP contribution is -2.29. The maximum Gasteiger partial charge on any atom is 0.300 e. The van der Waals surface area contributed by atoms with Crippen molar-refractivity contribution in [2.75, 3.05) is 11.5 Å². The summed E-state index contributed by atoms with van der Waals surface area (Å²) in [6, 6.07) is 12.4. The number of hydrogen-bond donors (Lipinski definition) is 1. The maximum absolute atomic E-state index is 13.7. The van der Waals surface area contributed by atoms with Crippen LogP contribution in [0.1, 0.15) is 30.7 Å². The van der Waals surface area contributed by atoms with E-state index in [0.29, 0.717) is 17.9 Å².